The second-order valence-corrected chi connectivity index (χ2v) is 15.2. The third kappa shape index (κ3) is 4.50. The summed E-state index contributed by atoms with van der Waals surface area (Å²) in [7, 11) is 0. The Bertz CT molecular complexity index is 1010. The van der Waals surface area contributed by atoms with Crippen LogP contribution in [0.15, 0.2) is 34.9 Å². The van der Waals surface area contributed by atoms with Crippen molar-refractivity contribution in [2.75, 3.05) is 6.54 Å². The van der Waals surface area contributed by atoms with Gasteiger partial charge in [-0.2, -0.15) is 0 Å². The minimum atomic E-state index is -0.363. The molecule has 5 fully saturated rings. The molecule has 1 saturated heterocycles. The quantitative estimate of drug-likeness (QED) is 0.339. The molecule has 0 radical (unpaired) electrons. The van der Waals surface area contributed by atoms with Crippen molar-refractivity contribution in [1.82, 2.24) is 10.6 Å². The SMILES string of the molecule is C=C(C)C1CCC2(C)CC(C3CCC4CC5CC6CC(NCC(C)O)C(O)CC6C5C4(C)N3)=CC(C)=C2C1. The molecule has 0 amide bonds. The molecule has 0 bridgehead atoms. The normalized spacial score (nSPS) is 49.0. The summed E-state index contributed by atoms with van der Waals surface area (Å²) in [6.07, 6.45) is 14.3. The summed E-state index contributed by atoms with van der Waals surface area (Å²) >= 11 is 0. The first-order valence-corrected chi connectivity index (χ1v) is 15.9. The molecule has 38 heavy (non-hydrogen) atoms. The molecule has 4 N–H and O–H groups in total. The Labute approximate surface area is 231 Å². The largest absolute Gasteiger partial charge is 0.392 e. The van der Waals surface area contributed by atoms with Crippen LogP contribution in [0.1, 0.15) is 98.8 Å². The van der Waals surface area contributed by atoms with Gasteiger partial charge in [0.05, 0.1) is 12.2 Å². The smallest absolute Gasteiger partial charge is 0.0696 e. The summed E-state index contributed by atoms with van der Waals surface area (Å²) in [5.41, 5.74) is 6.76. The van der Waals surface area contributed by atoms with Crippen molar-refractivity contribution in [1.29, 1.82) is 0 Å². The van der Waals surface area contributed by atoms with Crippen LogP contribution in [0, 0.1) is 40.9 Å². The number of fused-ring (bicyclic) bond motifs is 6. The fraction of sp³-hybridized carbons (Fsp3) is 0.824. The minimum Gasteiger partial charge on any atom is -0.392 e. The number of nitrogens with one attached hydrogen (secondary N) is 2. The molecule has 1 heterocycles. The molecule has 12 atom stereocenters. The Morgan fingerprint density at radius 3 is 2.68 bits per heavy atom. The van der Waals surface area contributed by atoms with Crippen LogP contribution in [-0.4, -0.2) is 46.6 Å². The topological polar surface area (TPSA) is 64.5 Å². The zero-order valence-corrected chi connectivity index (χ0v) is 24.7. The van der Waals surface area contributed by atoms with Crippen molar-refractivity contribution in [2.24, 2.45) is 40.9 Å². The molecule has 4 nitrogen and oxygen atoms in total. The molecule has 5 aliphatic carbocycles. The lowest BCUT2D eigenvalue weighted by Gasteiger charge is -2.51. The van der Waals surface area contributed by atoms with Gasteiger partial charge in [0.15, 0.2) is 0 Å². The zero-order valence-electron chi connectivity index (χ0n) is 24.7. The van der Waals surface area contributed by atoms with E-state index < -0.39 is 0 Å². The van der Waals surface area contributed by atoms with Crippen LogP contribution < -0.4 is 10.6 Å². The van der Waals surface area contributed by atoms with Crippen molar-refractivity contribution in [2.45, 2.75) is 129 Å². The van der Waals surface area contributed by atoms with Gasteiger partial charge in [-0.05, 0) is 133 Å². The number of hydrogen-bond donors (Lipinski definition) is 4. The number of piperidine rings is 1. The molecule has 1 aliphatic heterocycles. The Morgan fingerprint density at radius 1 is 1.16 bits per heavy atom. The summed E-state index contributed by atoms with van der Waals surface area (Å²) in [6.45, 7) is 16.4. The molecule has 212 valence electrons. The van der Waals surface area contributed by atoms with E-state index >= 15 is 0 Å². The second kappa shape index (κ2) is 9.86. The predicted octanol–water partition coefficient (Wildman–Crippen LogP) is 5.91. The fourth-order valence-corrected chi connectivity index (χ4v) is 10.8. The van der Waals surface area contributed by atoms with E-state index in [1.165, 1.54) is 62.5 Å². The zero-order chi connectivity index (χ0) is 27.0. The minimum absolute atomic E-state index is 0.136. The van der Waals surface area contributed by atoms with Gasteiger partial charge in [-0.15, -0.1) is 0 Å². The molecule has 0 aromatic rings. The second-order valence-electron chi connectivity index (χ2n) is 15.2. The van der Waals surface area contributed by atoms with Gasteiger partial charge in [0.2, 0.25) is 0 Å². The van der Waals surface area contributed by atoms with Crippen molar-refractivity contribution in [3.8, 4) is 0 Å². The third-order valence-electron chi connectivity index (χ3n) is 12.6. The molecule has 4 heteroatoms. The molecule has 0 aromatic carbocycles. The van der Waals surface area contributed by atoms with Crippen LogP contribution in [0.2, 0.25) is 0 Å². The number of rotatable bonds is 5. The highest BCUT2D eigenvalue weighted by Gasteiger charge is 2.62. The maximum Gasteiger partial charge on any atom is 0.0696 e. The Morgan fingerprint density at radius 2 is 1.95 bits per heavy atom. The highest BCUT2D eigenvalue weighted by Crippen LogP contribution is 2.63. The lowest BCUT2D eigenvalue weighted by atomic mass is 9.59. The van der Waals surface area contributed by atoms with E-state index in [4.69, 9.17) is 0 Å². The van der Waals surface area contributed by atoms with Gasteiger partial charge < -0.3 is 20.8 Å². The van der Waals surface area contributed by atoms with Crippen molar-refractivity contribution >= 4 is 0 Å². The predicted molar refractivity (Wildman–Crippen MR) is 156 cm³/mol. The average molecular weight is 523 g/mol. The summed E-state index contributed by atoms with van der Waals surface area (Å²) < 4.78 is 0. The highest BCUT2D eigenvalue weighted by molar-refractivity contribution is 5.41. The monoisotopic (exact) mass is 522 g/mol. The Balaban J connectivity index is 1.20. The van der Waals surface area contributed by atoms with E-state index in [0.29, 0.717) is 41.7 Å². The lowest BCUT2D eigenvalue weighted by molar-refractivity contribution is 0.00617. The van der Waals surface area contributed by atoms with E-state index in [9.17, 15) is 10.2 Å². The van der Waals surface area contributed by atoms with Gasteiger partial charge >= 0.3 is 0 Å². The molecule has 6 rings (SSSR count). The van der Waals surface area contributed by atoms with E-state index in [1.54, 1.807) is 11.1 Å². The first kappa shape index (κ1) is 27.2. The summed E-state index contributed by atoms with van der Waals surface area (Å²) in [5, 5.41) is 28.7. The first-order valence-electron chi connectivity index (χ1n) is 15.9. The molecule has 12 unspecified atom stereocenters. The third-order valence-corrected chi connectivity index (χ3v) is 12.6. The highest BCUT2D eigenvalue weighted by atomic mass is 16.3. The maximum absolute atomic E-state index is 11.1. The maximum atomic E-state index is 11.1. The van der Waals surface area contributed by atoms with Gasteiger partial charge in [-0.1, -0.05) is 41.9 Å². The van der Waals surface area contributed by atoms with E-state index in [-0.39, 0.29) is 23.8 Å². The van der Waals surface area contributed by atoms with E-state index in [1.807, 2.05) is 6.92 Å². The average Bonchev–Trinajstić information content (AvgIpc) is 3.34. The van der Waals surface area contributed by atoms with Gasteiger partial charge in [-0.3, -0.25) is 0 Å². The molecule has 4 saturated carbocycles. The van der Waals surface area contributed by atoms with Gasteiger partial charge in [0, 0.05) is 24.2 Å². The van der Waals surface area contributed by atoms with Gasteiger partial charge in [-0.25, -0.2) is 0 Å². The Hall–Kier alpha value is -0.940. The molecular weight excluding hydrogens is 468 g/mol. The fourth-order valence-electron chi connectivity index (χ4n) is 10.8. The van der Waals surface area contributed by atoms with Crippen LogP contribution >= 0.6 is 0 Å². The number of aliphatic hydroxyl groups is 2. The van der Waals surface area contributed by atoms with Crippen LogP contribution in [0.3, 0.4) is 0 Å². The first-order chi connectivity index (χ1) is 18.0. The summed E-state index contributed by atoms with van der Waals surface area (Å²) in [5.74, 6) is 4.26. The number of hydrogen-bond acceptors (Lipinski definition) is 4. The van der Waals surface area contributed by atoms with Crippen molar-refractivity contribution in [3.63, 3.8) is 0 Å². The van der Waals surface area contributed by atoms with Gasteiger partial charge in [0.1, 0.15) is 0 Å². The van der Waals surface area contributed by atoms with Gasteiger partial charge in [0.25, 0.3) is 0 Å². The van der Waals surface area contributed by atoms with Crippen LogP contribution in [-0.2, 0) is 0 Å². The molecule has 0 aromatic heterocycles. The molecular formula is C34H54N2O2. The standard InChI is InChI=1S/C34H54N2O2/c1-19(2)22-9-10-33(5)17-25(11-20(3)28(33)14-22)29-8-7-26-13-24-12-23-15-30(35-18-21(4)37)31(38)16-27(23)32(24)34(26,6)36-29/h11,21-24,26-27,29-32,35-38H,1,7-10,12-18H2,2-6H3. The van der Waals surface area contributed by atoms with Crippen molar-refractivity contribution < 1.29 is 10.2 Å². The van der Waals surface area contributed by atoms with E-state index in [2.05, 4.69) is 51.0 Å². The van der Waals surface area contributed by atoms with Crippen molar-refractivity contribution in [3.05, 3.63) is 34.9 Å². The lowest BCUT2D eigenvalue weighted by Crippen LogP contribution is -2.61. The summed E-state index contributed by atoms with van der Waals surface area (Å²) in [4.78, 5) is 0. The molecule has 0 spiro atoms. The van der Waals surface area contributed by atoms with Crippen LogP contribution in [0.25, 0.3) is 0 Å². The summed E-state index contributed by atoms with van der Waals surface area (Å²) in [6, 6.07) is 0.632. The number of allylic oxidation sites excluding steroid dienone is 4. The van der Waals surface area contributed by atoms with Crippen LogP contribution in [0.4, 0.5) is 0 Å². The Kier molecular flexibility index (Phi) is 7.07. The number of aliphatic hydroxyl groups excluding tert-OH is 2. The molecule has 6 aliphatic rings. The van der Waals surface area contributed by atoms with Crippen LogP contribution in [0.5, 0.6) is 0 Å². The van der Waals surface area contributed by atoms with E-state index in [0.717, 1.165) is 24.7 Å².